The molecule has 138 valence electrons. The summed E-state index contributed by atoms with van der Waals surface area (Å²) in [6.07, 6.45) is 3.41. The standard InChI is InChI=1S/C17H21Cl3N2O3/c1-8-5-4-6-12(9(8)2)22-16(23)10(3)25-17(24)15-14(20)13(19)11(18)7-21-15/h7-10,12H,4-6H2,1-3H3,(H,22,23)/t8-,9+,10+,12+/m0/s1. The molecule has 2 rings (SSSR count). The number of rotatable bonds is 4. The lowest BCUT2D eigenvalue weighted by molar-refractivity contribution is -0.130. The molecule has 1 aromatic rings. The van der Waals surface area contributed by atoms with Crippen LogP contribution in [0.3, 0.4) is 0 Å². The maximum atomic E-state index is 12.3. The Morgan fingerprint density at radius 3 is 2.60 bits per heavy atom. The van der Waals surface area contributed by atoms with Gasteiger partial charge in [0, 0.05) is 12.2 Å². The van der Waals surface area contributed by atoms with Gasteiger partial charge in [-0.2, -0.15) is 0 Å². The molecule has 1 aliphatic rings. The molecule has 1 fully saturated rings. The predicted molar refractivity (Wildman–Crippen MR) is 98.3 cm³/mol. The molecule has 4 atom stereocenters. The molecule has 0 saturated heterocycles. The number of halogens is 3. The number of nitrogens with one attached hydrogen (secondary N) is 1. The molecule has 0 bridgehead atoms. The number of aromatic nitrogens is 1. The summed E-state index contributed by atoms with van der Waals surface area (Å²) in [5.41, 5.74) is -0.171. The molecule has 1 aromatic heterocycles. The van der Waals surface area contributed by atoms with E-state index in [0.717, 1.165) is 12.8 Å². The second-order valence-electron chi connectivity index (χ2n) is 6.51. The van der Waals surface area contributed by atoms with Gasteiger partial charge in [0.2, 0.25) is 0 Å². The summed E-state index contributed by atoms with van der Waals surface area (Å²) in [6.45, 7) is 5.82. The summed E-state index contributed by atoms with van der Waals surface area (Å²) in [5.74, 6) is -0.227. The minimum atomic E-state index is -0.968. The third-order valence-corrected chi connectivity index (χ3v) is 6.04. The molecule has 1 amide bonds. The molecule has 25 heavy (non-hydrogen) atoms. The zero-order chi connectivity index (χ0) is 18.7. The number of amides is 1. The monoisotopic (exact) mass is 406 g/mol. The fourth-order valence-corrected chi connectivity index (χ4v) is 3.50. The van der Waals surface area contributed by atoms with Crippen molar-refractivity contribution >= 4 is 46.7 Å². The van der Waals surface area contributed by atoms with E-state index in [0.29, 0.717) is 11.8 Å². The lowest BCUT2D eigenvalue weighted by Gasteiger charge is -2.35. The first-order chi connectivity index (χ1) is 11.7. The molecule has 1 heterocycles. The lowest BCUT2D eigenvalue weighted by atomic mass is 9.78. The Morgan fingerprint density at radius 1 is 1.24 bits per heavy atom. The van der Waals surface area contributed by atoms with Gasteiger partial charge >= 0.3 is 5.97 Å². The van der Waals surface area contributed by atoms with E-state index in [1.165, 1.54) is 19.5 Å². The van der Waals surface area contributed by atoms with Gasteiger partial charge in [0.25, 0.3) is 5.91 Å². The molecule has 0 unspecified atom stereocenters. The van der Waals surface area contributed by atoms with Gasteiger partial charge in [-0.1, -0.05) is 61.5 Å². The molecule has 0 aromatic carbocycles. The molecule has 1 N–H and O–H groups in total. The lowest BCUT2D eigenvalue weighted by Crippen LogP contribution is -2.47. The zero-order valence-electron chi connectivity index (χ0n) is 14.3. The second kappa shape index (κ2) is 8.56. The third kappa shape index (κ3) is 4.78. The van der Waals surface area contributed by atoms with Gasteiger partial charge in [0.05, 0.1) is 15.1 Å². The highest BCUT2D eigenvalue weighted by atomic mass is 35.5. The third-order valence-electron chi connectivity index (χ3n) is 4.80. The van der Waals surface area contributed by atoms with Crippen LogP contribution < -0.4 is 5.32 Å². The average Bonchev–Trinajstić information content (AvgIpc) is 2.56. The SMILES string of the molecule is C[C@@H]1[C@@H](C)CCC[C@H]1NC(=O)[C@@H](C)OC(=O)c1ncc(Cl)c(Cl)c1Cl. The molecule has 1 aliphatic carbocycles. The molecular weight excluding hydrogens is 387 g/mol. The van der Waals surface area contributed by atoms with Crippen molar-refractivity contribution in [3.8, 4) is 0 Å². The second-order valence-corrected chi connectivity index (χ2v) is 7.68. The number of hydrogen-bond donors (Lipinski definition) is 1. The van der Waals surface area contributed by atoms with Gasteiger partial charge in [0.15, 0.2) is 11.8 Å². The van der Waals surface area contributed by atoms with Gasteiger partial charge in [-0.05, 0) is 25.2 Å². The van der Waals surface area contributed by atoms with Gasteiger partial charge in [-0.3, -0.25) is 4.79 Å². The Hall–Kier alpha value is -1.04. The Morgan fingerprint density at radius 2 is 1.92 bits per heavy atom. The highest BCUT2D eigenvalue weighted by molar-refractivity contribution is 6.48. The molecular formula is C17H21Cl3N2O3. The van der Waals surface area contributed by atoms with E-state index in [-0.39, 0.29) is 32.7 Å². The molecule has 0 aliphatic heterocycles. The van der Waals surface area contributed by atoms with E-state index >= 15 is 0 Å². The number of hydrogen-bond acceptors (Lipinski definition) is 4. The van der Waals surface area contributed by atoms with Crippen LogP contribution in [0.2, 0.25) is 15.1 Å². The molecule has 0 spiro atoms. The normalized spacial score (nSPS) is 24.5. The first-order valence-electron chi connectivity index (χ1n) is 8.23. The number of carbonyl (C=O) groups is 2. The summed E-state index contributed by atoms with van der Waals surface area (Å²) in [7, 11) is 0. The highest BCUT2D eigenvalue weighted by Gasteiger charge is 2.30. The topological polar surface area (TPSA) is 68.3 Å². The fourth-order valence-electron chi connectivity index (χ4n) is 2.94. The smallest absolute Gasteiger partial charge is 0.359 e. The van der Waals surface area contributed by atoms with Crippen molar-refractivity contribution in [2.75, 3.05) is 0 Å². The molecule has 1 saturated carbocycles. The maximum absolute atomic E-state index is 12.3. The van der Waals surface area contributed by atoms with Gasteiger partial charge in [0.1, 0.15) is 0 Å². The summed E-state index contributed by atoms with van der Waals surface area (Å²) in [6, 6.07) is 0.0871. The van der Waals surface area contributed by atoms with Crippen LogP contribution in [0.4, 0.5) is 0 Å². The Bertz CT molecular complexity index is 669. The number of ether oxygens (including phenoxy) is 1. The van der Waals surface area contributed by atoms with Crippen LogP contribution in [0.15, 0.2) is 6.20 Å². The van der Waals surface area contributed by atoms with E-state index in [9.17, 15) is 9.59 Å². The number of carbonyl (C=O) groups excluding carboxylic acids is 2. The van der Waals surface area contributed by atoms with Crippen LogP contribution in [0.1, 0.15) is 50.5 Å². The van der Waals surface area contributed by atoms with Gasteiger partial charge < -0.3 is 10.1 Å². The zero-order valence-corrected chi connectivity index (χ0v) is 16.6. The van der Waals surface area contributed by atoms with Crippen molar-refractivity contribution < 1.29 is 14.3 Å². The van der Waals surface area contributed by atoms with E-state index < -0.39 is 12.1 Å². The fraction of sp³-hybridized carbons (Fsp3) is 0.588. The maximum Gasteiger partial charge on any atom is 0.359 e. The van der Waals surface area contributed by atoms with E-state index in [1.807, 2.05) is 0 Å². The van der Waals surface area contributed by atoms with Crippen molar-refractivity contribution in [3.05, 3.63) is 27.0 Å². The van der Waals surface area contributed by atoms with Crippen molar-refractivity contribution in [1.29, 1.82) is 0 Å². The van der Waals surface area contributed by atoms with Crippen molar-refractivity contribution in [1.82, 2.24) is 10.3 Å². The number of pyridine rings is 1. The van der Waals surface area contributed by atoms with E-state index in [1.54, 1.807) is 0 Å². The quantitative estimate of drug-likeness (QED) is 0.745. The largest absolute Gasteiger partial charge is 0.448 e. The first-order valence-corrected chi connectivity index (χ1v) is 9.36. The summed E-state index contributed by atoms with van der Waals surface area (Å²) >= 11 is 17.6. The van der Waals surface area contributed by atoms with Crippen molar-refractivity contribution in [3.63, 3.8) is 0 Å². The Kier molecular flexibility index (Phi) is 6.94. The first kappa shape index (κ1) is 20.3. The van der Waals surface area contributed by atoms with Crippen LogP contribution in [-0.2, 0) is 9.53 Å². The number of esters is 1. The van der Waals surface area contributed by atoms with Crippen LogP contribution in [0.5, 0.6) is 0 Å². The van der Waals surface area contributed by atoms with Crippen LogP contribution in [-0.4, -0.2) is 29.0 Å². The Labute approximate surface area is 162 Å². The molecule has 8 heteroatoms. The highest BCUT2D eigenvalue weighted by Crippen LogP contribution is 2.32. The molecule has 0 radical (unpaired) electrons. The van der Waals surface area contributed by atoms with Gasteiger partial charge in [-0.15, -0.1) is 0 Å². The van der Waals surface area contributed by atoms with Crippen LogP contribution in [0.25, 0.3) is 0 Å². The summed E-state index contributed by atoms with van der Waals surface area (Å²) < 4.78 is 5.18. The molecule has 5 nitrogen and oxygen atoms in total. The predicted octanol–water partition coefficient (Wildman–Crippen LogP) is 4.53. The minimum Gasteiger partial charge on any atom is -0.448 e. The average molecular weight is 408 g/mol. The van der Waals surface area contributed by atoms with Gasteiger partial charge in [-0.25, -0.2) is 9.78 Å². The Balaban J connectivity index is 1.99. The minimum absolute atomic E-state index is 0.0207. The van der Waals surface area contributed by atoms with Crippen LogP contribution >= 0.6 is 34.8 Å². The van der Waals surface area contributed by atoms with Crippen molar-refractivity contribution in [2.24, 2.45) is 11.8 Å². The van der Waals surface area contributed by atoms with E-state index in [2.05, 4.69) is 24.1 Å². The van der Waals surface area contributed by atoms with Crippen molar-refractivity contribution in [2.45, 2.75) is 52.2 Å². The van der Waals surface area contributed by atoms with Crippen LogP contribution in [0, 0.1) is 11.8 Å². The number of nitrogens with zero attached hydrogens (tertiary/aromatic N) is 1. The van der Waals surface area contributed by atoms with E-state index in [4.69, 9.17) is 39.5 Å². The summed E-state index contributed by atoms with van der Waals surface area (Å²) in [4.78, 5) is 28.4. The summed E-state index contributed by atoms with van der Waals surface area (Å²) in [5, 5.41) is 3.03.